The van der Waals surface area contributed by atoms with Crippen LogP contribution in [0.5, 0.6) is 0 Å². The van der Waals surface area contributed by atoms with Crippen LogP contribution in [0.15, 0.2) is 82.8 Å². The van der Waals surface area contributed by atoms with Gasteiger partial charge in [0.05, 0.1) is 22.4 Å². The molecule has 1 amide bonds. The molecule has 1 unspecified atom stereocenters. The summed E-state index contributed by atoms with van der Waals surface area (Å²) in [4.78, 5) is 12.5. The van der Waals surface area contributed by atoms with Gasteiger partial charge in [-0.1, -0.05) is 71.8 Å². The van der Waals surface area contributed by atoms with Gasteiger partial charge in [0.25, 0.3) is 0 Å². The summed E-state index contributed by atoms with van der Waals surface area (Å²) < 4.78 is 25.5. The summed E-state index contributed by atoms with van der Waals surface area (Å²) in [6.07, 6.45) is 0.615. The lowest BCUT2D eigenvalue weighted by atomic mass is 9.97. The molecular formula is C26H26N2O3S. The fourth-order valence-electron chi connectivity index (χ4n) is 3.86. The molecule has 0 bridgehead atoms. The molecule has 0 N–H and O–H groups in total. The molecule has 0 fully saturated rings. The summed E-state index contributed by atoms with van der Waals surface area (Å²) in [6, 6.07) is 22.3. The minimum absolute atomic E-state index is 0.0611. The summed E-state index contributed by atoms with van der Waals surface area (Å²) in [5.74, 6) is -0.166. The second-order valence-electron chi connectivity index (χ2n) is 8.31. The predicted molar refractivity (Wildman–Crippen MR) is 126 cm³/mol. The maximum absolute atomic E-state index is 12.7. The fourth-order valence-corrected chi connectivity index (χ4v) is 5.21. The van der Waals surface area contributed by atoms with E-state index in [1.165, 1.54) is 17.5 Å². The molecule has 1 atom stereocenters. The molecule has 1 aliphatic heterocycles. The van der Waals surface area contributed by atoms with Gasteiger partial charge in [-0.25, -0.2) is 13.4 Å². The van der Waals surface area contributed by atoms with Gasteiger partial charge in [0.15, 0.2) is 9.84 Å². The standard InChI is InChI=1S/C26H26N2O3S/c1-18-4-10-23(11-5-18)26-16-25(27-28(26)20(3)29)22-12-8-21(9-13-22)17-32(30,31)24-14-6-19(2)7-15-24/h4-15,26H,16-17H2,1-3H3. The fraction of sp³-hybridized carbons (Fsp3) is 0.231. The highest BCUT2D eigenvalue weighted by Gasteiger charge is 2.31. The summed E-state index contributed by atoms with van der Waals surface area (Å²) in [6.45, 7) is 5.48. The normalized spacial score (nSPS) is 16.2. The van der Waals surface area contributed by atoms with Crippen LogP contribution in [-0.4, -0.2) is 25.0 Å². The molecule has 0 radical (unpaired) electrons. The molecule has 5 nitrogen and oxygen atoms in total. The van der Waals surface area contributed by atoms with E-state index in [-0.39, 0.29) is 17.7 Å². The molecule has 4 rings (SSSR count). The smallest absolute Gasteiger partial charge is 0.240 e. The monoisotopic (exact) mass is 446 g/mol. The van der Waals surface area contributed by atoms with E-state index in [4.69, 9.17) is 0 Å². The number of carbonyl (C=O) groups excluding carboxylic acids is 1. The lowest BCUT2D eigenvalue weighted by Crippen LogP contribution is -2.24. The summed E-state index contributed by atoms with van der Waals surface area (Å²) in [5, 5.41) is 6.12. The first-order valence-electron chi connectivity index (χ1n) is 10.6. The zero-order valence-electron chi connectivity index (χ0n) is 18.4. The van der Waals surface area contributed by atoms with Crippen LogP contribution in [0.3, 0.4) is 0 Å². The van der Waals surface area contributed by atoms with E-state index in [1.54, 1.807) is 24.3 Å². The van der Waals surface area contributed by atoms with E-state index in [0.717, 1.165) is 22.4 Å². The molecule has 3 aromatic rings. The number of hydrogen-bond acceptors (Lipinski definition) is 4. The molecule has 32 heavy (non-hydrogen) atoms. The van der Waals surface area contributed by atoms with Gasteiger partial charge in [0.1, 0.15) is 0 Å². The highest BCUT2D eigenvalue weighted by Crippen LogP contribution is 2.33. The molecule has 6 heteroatoms. The molecular weight excluding hydrogens is 420 g/mol. The Bertz CT molecular complexity index is 1260. The van der Waals surface area contributed by atoms with Crippen molar-refractivity contribution in [1.82, 2.24) is 5.01 Å². The number of aryl methyl sites for hydroxylation is 2. The number of nitrogens with zero attached hydrogens (tertiary/aromatic N) is 2. The van der Waals surface area contributed by atoms with Crippen LogP contribution in [0.1, 0.15) is 47.2 Å². The SMILES string of the molecule is CC(=O)N1N=C(c2ccc(CS(=O)(=O)c3ccc(C)cc3)cc2)CC1c1ccc(C)cc1. The van der Waals surface area contributed by atoms with E-state index < -0.39 is 9.84 Å². The summed E-state index contributed by atoms with van der Waals surface area (Å²) >= 11 is 0. The molecule has 0 saturated heterocycles. The lowest BCUT2D eigenvalue weighted by molar-refractivity contribution is -0.130. The highest BCUT2D eigenvalue weighted by atomic mass is 32.2. The van der Waals surface area contributed by atoms with Gasteiger partial charge in [0, 0.05) is 13.3 Å². The maximum Gasteiger partial charge on any atom is 0.240 e. The first kappa shape index (κ1) is 22.0. The second-order valence-corrected chi connectivity index (χ2v) is 10.3. The Morgan fingerprint density at radius 1 is 0.906 bits per heavy atom. The molecule has 0 spiro atoms. The minimum atomic E-state index is -3.41. The summed E-state index contributed by atoms with van der Waals surface area (Å²) in [7, 11) is -3.41. The van der Waals surface area contributed by atoms with Crippen LogP contribution in [-0.2, 0) is 20.4 Å². The number of sulfone groups is 1. The minimum Gasteiger partial charge on any atom is -0.273 e. The first-order valence-corrected chi connectivity index (χ1v) is 12.2. The number of hydrazone groups is 1. The molecule has 0 aromatic heterocycles. The van der Waals surface area contributed by atoms with Gasteiger partial charge < -0.3 is 0 Å². The van der Waals surface area contributed by atoms with Crippen molar-refractivity contribution in [2.45, 2.75) is 43.9 Å². The van der Waals surface area contributed by atoms with E-state index in [9.17, 15) is 13.2 Å². The molecule has 0 saturated carbocycles. The van der Waals surface area contributed by atoms with Gasteiger partial charge in [-0.15, -0.1) is 0 Å². The largest absolute Gasteiger partial charge is 0.273 e. The van der Waals surface area contributed by atoms with Crippen molar-refractivity contribution in [2.24, 2.45) is 5.10 Å². The number of rotatable bonds is 5. The van der Waals surface area contributed by atoms with Crippen molar-refractivity contribution in [3.63, 3.8) is 0 Å². The third-order valence-corrected chi connectivity index (χ3v) is 7.42. The van der Waals surface area contributed by atoms with Crippen molar-refractivity contribution in [3.05, 3.63) is 101 Å². The Labute approximate surface area is 189 Å². The predicted octanol–water partition coefficient (Wildman–Crippen LogP) is 4.97. The van der Waals surface area contributed by atoms with Crippen LogP contribution in [0.25, 0.3) is 0 Å². The molecule has 0 aliphatic carbocycles. The second kappa shape index (κ2) is 8.71. The number of carbonyl (C=O) groups is 1. The third kappa shape index (κ3) is 4.65. The van der Waals surface area contributed by atoms with Gasteiger partial charge in [-0.3, -0.25) is 4.79 Å². The molecule has 3 aromatic carbocycles. The van der Waals surface area contributed by atoms with Crippen molar-refractivity contribution < 1.29 is 13.2 Å². The van der Waals surface area contributed by atoms with E-state index in [0.29, 0.717) is 16.9 Å². The molecule has 164 valence electrons. The van der Waals surface area contributed by atoms with E-state index in [1.807, 2.05) is 62.4 Å². The Hall–Kier alpha value is -3.25. The van der Waals surface area contributed by atoms with Crippen LogP contribution in [0.4, 0.5) is 0 Å². The van der Waals surface area contributed by atoms with E-state index >= 15 is 0 Å². The Balaban J connectivity index is 1.53. The maximum atomic E-state index is 12.7. The Kier molecular flexibility index (Phi) is 5.98. The van der Waals surface area contributed by atoms with Crippen LogP contribution in [0, 0.1) is 13.8 Å². The van der Waals surface area contributed by atoms with Gasteiger partial charge >= 0.3 is 0 Å². The van der Waals surface area contributed by atoms with Crippen molar-refractivity contribution >= 4 is 21.5 Å². The number of amides is 1. The highest BCUT2D eigenvalue weighted by molar-refractivity contribution is 7.90. The molecule has 1 aliphatic rings. The third-order valence-electron chi connectivity index (χ3n) is 5.72. The van der Waals surface area contributed by atoms with Crippen LogP contribution in [0.2, 0.25) is 0 Å². The quantitative estimate of drug-likeness (QED) is 0.555. The Morgan fingerprint density at radius 2 is 1.47 bits per heavy atom. The van der Waals surface area contributed by atoms with Gasteiger partial charge in [0.2, 0.25) is 5.91 Å². The van der Waals surface area contributed by atoms with Crippen molar-refractivity contribution in [2.75, 3.05) is 0 Å². The topological polar surface area (TPSA) is 66.8 Å². The van der Waals surface area contributed by atoms with Crippen LogP contribution >= 0.6 is 0 Å². The Morgan fingerprint density at radius 3 is 2.03 bits per heavy atom. The average molecular weight is 447 g/mol. The summed E-state index contributed by atoms with van der Waals surface area (Å²) in [5.41, 5.74) is 5.66. The number of hydrogen-bond donors (Lipinski definition) is 0. The van der Waals surface area contributed by atoms with E-state index in [2.05, 4.69) is 5.10 Å². The zero-order valence-corrected chi connectivity index (χ0v) is 19.3. The molecule has 1 heterocycles. The first-order chi connectivity index (χ1) is 15.2. The van der Waals surface area contributed by atoms with Crippen LogP contribution < -0.4 is 0 Å². The van der Waals surface area contributed by atoms with Crippen molar-refractivity contribution in [3.8, 4) is 0 Å². The lowest BCUT2D eigenvalue weighted by Gasteiger charge is -2.20. The van der Waals surface area contributed by atoms with Gasteiger partial charge in [-0.2, -0.15) is 5.10 Å². The zero-order chi connectivity index (χ0) is 22.9. The average Bonchev–Trinajstić information content (AvgIpc) is 3.21. The number of benzene rings is 3. The van der Waals surface area contributed by atoms with Crippen molar-refractivity contribution in [1.29, 1.82) is 0 Å². The van der Waals surface area contributed by atoms with Gasteiger partial charge in [-0.05, 0) is 42.7 Å².